The van der Waals surface area contributed by atoms with E-state index >= 15 is 0 Å². The van der Waals surface area contributed by atoms with Crippen molar-refractivity contribution in [3.8, 4) is 11.5 Å². The van der Waals surface area contributed by atoms with Gasteiger partial charge in [0.15, 0.2) is 11.5 Å². The van der Waals surface area contributed by atoms with Gasteiger partial charge in [-0.05, 0) is 55.3 Å². The van der Waals surface area contributed by atoms with Gasteiger partial charge in [-0.25, -0.2) is 4.79 Å². The maximum absolute atomic E-state index is 13.0. The highest BCUT2D eigenvalue weighted by atomic mass is 32.1. The summed E-state index contributed by atoms with van der Waals surface area (Å²) in [4.78, 5) is 29.2. The molecule has 2 aliphatic rings. The first-order valence-electron chi connectivity index (χ1n) is 11.4. The summed E-state index contributed by atoms with van der Waals surface area (Å²) >= 11 is 1.66. The van der Waals surface area contributed by atoms with Crippen LogP contribution in [0.1, 0.15) is 55.4 Å². The number of carbonyl (C=O) groups excluding carboxylic acids is 2. The Morgan fingerprint density at radius 1 is 1.15 bits per heavy atom. The van der Waals surface area contributed by atoms with Crippen molar-refractivity contribution in [2.75, 3.05) is 25.5 Å². The van der Waals surface area contributed by atoms with Crippen LogP contribution in [0.25, 0.3) is 0 Å². The summed E-state index contributed by atoms with van der Waals surface area (Å²) in [5.74, 6) is 0.231. The van der Waals surface area contributed by atoms with Crippen LogP contribution in [0.5, 0.6) is 11.5 Å². The van der Waals surface area contributed by atoms with Crippen molar-refractivity contribution in [2.45, 2.75) is 33.0 Å². The van der Waals surface area contributed by atoms with Gasteiger partial charge in [-0.2, -0.15) is 0 Å². The lowest BCUT2D eigenvalue weighted by Crippen LogP contribution is -2.38. The molecule has 1 aromatic heterocycles. The summed E-state index contributed by atoms with van der Waals surface area (Å²) in [5.41, 5.74) is 4.30. The smallest absolute Gasteiger partial charge is 0.343 e. The number of rotatable bonds is 5. The quantitative estimate of drug-likeness (QED) is 0.416. The zero-order valence-electron chi connectivity index (χ0n) is 19.4. The first-order valence-corrected chi connectivity index (χ1v) is 12.2. The van der Waals surface area contributed by atoms with Crippen LogP contribution in [0.15, 0.2) is 42.5 Å². The van der Waals surface area contributed by atoms with Gasteiger partial charge < -0.3 is 20.1 Å². The Labute approximate surface area is 202 Å². The second kappa shape index (κ2) is 9.12. The highest BCUT2D eigenvalue weighted by Crippen LogP contribution is 2.41. The number of hydrogen-bond acceptors (Lipinski definition) is 7. The number of anilines is 1. The van der Waals surface area contributed by atoms with Crippen molar-refractivity contribution in [3.05, 3.63) is 75.2 Å². The lowest BCUT2D eigenvalue weighted by molar-refractivity contribution is 0.0729. The van der Waals surface area contributed by atoms with Crippen molar-refractivity contribution in [3.63, 3.8) is 0 Å². The van der Waals surface area contributed by atoms with Gasteiger partial charge in [0.05, 0.1) is 18.2 Å². The lowest BCUT2D eigenvalue weighted by Gasteiger charge is -2.28. The van der Waals surface area contributed by atoms with Crippen molar-refractivity contribution in [1.29, 1.82) is 0 Å². The summed E-state index contributed by atoms with van der Waals surface area (Å²) in [7, 11) is 1.53. The molecule has 0 saturated heterocycles. The van der Waals surface area contributed by atoms with E-state index in [1.807, 2.05) is 25.1 Å². The predicted molar refractivity (Wildman–Crippen MR) is 132 cm³/mol. The van der Waals surface area contributed by atoms with Gasteiger partial charge in [0.25, 0.3) is 5.91 Å². The van der Waals surface area contributed by atoms with E-state index in [2.05, 4.69) is 22.5 Å². The average Bonchev–Trinajstić information content (AvgIpc) is 3.22. The zero-order chi connectivity index (χ0) is 23.8. The number of methoxy groups -OCH3 is 1. The molecule has 3 aromatic rings. The van der Waals surface area contributed by atoms with Crippen LogP contribution in [-0.4, -0.2) is 37.0 Å². The molecule has 8 heteroatoms. The molecule has 0 bridgehead atoms. The molecule has 0 fully saturated rings. The highest BCUT2D eigenvalue weighted by Gasteiger charge is 2.33. The Morgan fingerprint density at radius 2 is 1.94 bits per heavy atom. The molecule has 0 radical (unpaired) electrons. The molecule has 1 amide bonds. The molecule has 3 heterocycles. The Hall–Kier alpha value is -3.36. The molecule has 1 unspecified atom stereocenters. The van der Waals surface area contributed by atoms with Gasteiger partial charge >= 0.3 is 5.97 Å². The third-order valence-corrected chi connectivity index (χ3v) is 7.52. The molecule has 34 heavy (non-hydrogen) atoms. The van der Waals surface area contributed by atoms with Crippen LogP contribution in [0.2, 0.25) is 0 Å². The molecule has 1 atom stereocenters. The largest absolute Gasteiger partial charge is 0.493 e. The molecule has 5 rings (SSSR count). The Morgan fingerprint density at radius 3 is 2.68 bits per heavy atom. The number of fused-ring (bicyclic) bond motifs is 3. The average molecular weight is 478 g/mol. The van der Waals surface area contributed by atoms with E-state index < -0.39 is 12.1 Å². The van der Waals surface area contributed by atoms with Gasteiger partial charge in [0.1, 0.15) is 11.2 Å². The first-order chi connectivity index (χ1) is 16.5. The molecule has 176 valence electrons. The van der Waals surface area contributed by atoms with Crippen molar-refractivity contribution in [1.82, 2.24) is 10.2 Å². The number of likely N-dealkylation sites (N-methyl/N-ethyl adjacent to an activating group) is 1. The number of aryl methyl sites for hydroxylation is 1. The SMILES string of the molecule is CCN1CCc2c(sc3c2C(=O)NC(c2ccc(OC(=O)c4ccc(C)cc4)c(OC)c2)N3)C1. The summed E-state index contributed by atoms with van der Waals surface area (Å²) in [6.45, 7) is 6.99. The molecule has 0 spiro atoms. The van der Waals surface area contributed by atoms with E-state index in [9.17, 15) is 9.59 Å². The minimum absolute atomic E-state index is 0.0601. The molecular weight excluding hydrogens is 450 g/mol. The second-order valence-corrected chi connectivity index (χ2v) is 9.65. The number of esters is 1. The number of hydrogen-bond donors (Lipinski definition) is 2. The maximum Gasteiger partial charge on any atom is 0.343 e. The van der Waals surface area contributed by atoms with Gasteiger partial charge in [-0.3, -0.25) is 9.69 Å². The van der Waals surface area contributed by atoms with Crippen molar-refractivity contribution in [2.24, 2.45) is 0 Å². The Bertz CT molecular complexity index is 1250. The number of ether oxygens (including phenoxy) is 2. The fraction of sp³-hybridized carbons (Fsp3) is 0.308. The molecule has 2 aliphatic heterocycles. The number of carbonyl (C=O) groups is 2. The van der Waals surface area contributed by atoms with Gasteiger partial charge in [-0.15, -0.1) is 11.3 Å². The topological polar surface area (TPSA) is 79.9 Å². The van der Waals surface area contributed by atoms with Crippen LogP contribution in [0.3, 0.4) is 0 Å². The monoisotopic (exact) mass is 477 g/mol. The number of thiophene rings is 1. The number of nitrogens with one attached hydrogen (secondary N) is 2. The fourth-order valence-corrected chi connectivity index (χ4v) is 5.72. The molecule has 0 aliphatic carbocycles. The normalized spacial score (nSPS) is 17.3. The second-order valence-electron chi connectivity index (χ2n) is 8.54. The molecule has 7 nitrogen and oxygen atoms in total. The van der Waals surface area contributed by atoms with Crippen LogP contribution in [0, 0.1) is 6.92 Å². The molecule has 2 aromatic carbocycles. The molecule has 0 saturated carbocycles. The number of benzene rings is 2. The Kier molecular flexibility index (Phi) is 6.02. The van der Waals surface area contributed by atoms with E-state index in [0.717, 1.165) is 47.7 Å². The summed E-state index contributed by atoms with van der Waals surface area (Å²) < 4.78 is 11.1. The van der Waals surface area contributed by atoms with Gasteiger partial charge in [0, 0.05) is 18.0 Å². The maximum atomic E-state index is 13.0. The van der Waals surface area contributed by atoms with Gasteiger partial charge in [0.2, 0.25) is 0 Å². The van der Waals surface area contributed by atoms with Crippen LogP contribution in [0.4, 0.5) is 5.00 Å². The number of nitrogens with zero attached hydrogens (tertiary/aromatic N) is 1. The fourth-order valence-electron chi connectivity index (χ4n) is 4.40. The number of amides is 1. The van der Waals surface area contributed by atoms with E-state index in [-0.39, 0.29) is 5.91 Å². The molecule has 2 N–H and O–H groups in total. The highest BCUT2D eigenvalue weighted by molar-refractivity contribution is 7.16. The van der Waals surface area contributed by atoms with Crippen LogP contribution >= 0.6 is 11.3 Å². The summed E-state index contributed by atoms with van der Waals surface area (Å²) in [6, 6.07) is 12.5. The van der Waals surface area contributed by atoms with Crippen LogP contribution < -0.4 is 20.1 Å². The first kappa shape index (κ1) is 22.4. The zero-order valence-corrected chi connectivity index (χ0v) is 20.3. The van der Waals surface area contributed by atoms with Crippen LogP contribution in [-0.2, 0) is 13.0 Å². The van der Waals surface area contributed by atoms with E-state index in [1.54, 1.807) is 35.6 Å². The molecular formula is C26H27N3O4S. The van der Waals surface area contributed by atoms with E-state index in [4.69, 9.17) is 9.47 Å². The van der Waals surface area contributed by atoms with E-state index in [0.29, 0.717) is 17.1 Å². The summed E-state index contributed by atoms with van der Waals surface area (Å²) in [6.07, 6.45) is 0.488. The minimum Gasteiger partial charge on any atom is -0.493 e. The summed E-state index contributed by atoms with van der Waals surface area (Å²) in [5, 5.41) is 7.46. The standard InChI is InChI=1S/C26H27N3O4S/c1-4-29-12-11-18-21(14-29)34-25-22(18)24(30)27-23(28-25)17-9-10-19(20(13-17)32-3)33-26(31)16-7-5-15(2)6-8-16/h5-10,13,23,28H,4,11-12,14H2,1-3H3,(H,27,30). The van der Waals surface area contributed by atoms with E-state index in [1.165, 1.54) is 17.6 Å². The third-order valence-electron chi connectivity index (χ3n) is 6.37. The predicted octanol–water partition coefficient (Wildman–Crippen LogP) is 4.52. The minimum atomic E-state index is -0.454. The van der Waals surface area contributed by atoms with Gasteiger partial charge in [-0.1, -0.05) is 30.7 Å². The third kappa shape index (κ3) is 4.15. The van der Waals surface area contributed by atoms with Crippen molar-refractivity contribution >= 4 is 28.2 Å². The lowest BCUT2D eigenvalue weighted by atomic mass is 10.0. The Balaban J connectivity index is 1.37. The van der Waals surface area contributed by atoms with Crippen molar-refractivity contribution < 1.29 is 19.1 Å².